The molecule has 3 fully saturated rings. The predicted octanol–water partition coefficient (Wildman–Crippen LogP) is 3.37. The van der Waals surface area contributed by atoms with Gasteiger partial charge in [-0.25, -0.2) is 9.18 Å². The summed E-state index contributed by atoms with van der Waals surface area (Å²) >= 11 is 0. The number of Topliss-reactive ketones (excluding diaryl/α,β-unsaturated/α-hetero) is 1. The van der Waals surface area contributed by atoms with E-state index in [1.54, 1.807) is 27.7 Å². The SMILES string of the molecule is CCC[C@H](NC(=O)[C@@H]1C[C@]2(CC(c3cc(F)cc(C(F)(F)F)c3)=NO2)CN1C(=O)[C@@H](NC(=O)O[C@H]1CCOC1)C(C)(C)C)C(=O)C(=O)NC1CC1. The van der Waals surface area contributed by atoms with E-state index in [0.29, 0.717) is 25.5 Å². The number of alkyl halides is 3. The molecule has 0 radical (unpaired) electrons. The fourth-order valence-corrected chi connectivity index (χ4v) is 6.40. The van der Waals surface area contributed by atoms with Crippen molar-refractivity contribution >= 4 is 35.3 Å². The molecule has 2 saturated heterocycles. The van der Waals surface area contributed by atoms with Crippen molar-refractivity contribution < 1.29 is 55.8 Å². The molecule has 0 unspecified atom stereocenters. The summed E-state index contributed by atoms with van der Waals surface area (Å²) < 4.78 is 65.5. The lowest BCUT2D eigenvalue weighted by Gasteiger charge is -2.35. The third-order valence-electron chi connectivity index (χ3n) is 9.27. The summed E-state index contributed by atoms with van der Waals surface area (Å²) in [5.74, 6) is -4.31. The number of carbonyl (C=O) groups is 5. The molecule has 51 heavy (non-hydrogen) atoms. The zero-order valence-corrected chi connectivity index (χ0v) is 28.9. The van der Waals surface area contributed by atoms with Crippen LogP contribution < -0.4 is 16.0 Å². The van der Waals surface area contributed by atoms with Gasteiger partial charge in [0.1, 0.15) is 24.0 Å². The van der Waals surface area contributed by atoms with E-state index in [2.05, 4.69) is 21.1 Å². The van der Waals surface area contributed by atoms with Crippen LogP contribution in [0.1, 0.15) is 83.8 Å². The molecule has 17 heteroatoms. The van der Waals surface area contributed by atoms with Gasteiger partial charge in [0.25, 0.3) is 5.91 Å². The molecule has 5 atom stereocenters. The molecule has 4 amide bonds. The molecule has 1 aromatic carbocycles. The highest BCUT2D eigenvalue weighted by atomic mass is 19.4. The Balaban J connectivity index is 1.41. The summed E-state index contributed by atoms with van der Waals surface area (Å²) in [6.45, 7) is 7.16. The highest BCUT2D eigenvalue weighted by Crippen LogP contribution is 2.41. The molecular formula is C34H43F4N5O8. The molecule has 3 aliphatic heterocycles. The van der Waals surface area contributed by atoms with Crippen LogP contribution in [0.15, 0.2) is 23.4 Å². The third kappa shape index (κ3) is 9.15. The highest BCUT2D eigenvalue weighted by molar-refractivity contribution is 6.38. The summed E-state index contributed by atoms with van der Waals surface area (Å²) in [4.78, 5) is 74.1. The predicted molar refractivity (Wildman–Crippen MR) is 172 cm³/mol. The number of amides is 4. The molecule has 1 saturated carbocycles. The molecule has 3 N–H and O–H groups in total. The minimum absolute atomic E-state index is 0.0305. The van der Waals surface area contributed by atoms with E-state index in [1.165, 1.54) is 4.90 Å². The highest BCUT2D eigenvalue weighted by Gasteiger charge is 2.56. The van der Waals surface area contributed by atoms with Crippen LogP contribution in [0, 0.1) is 11.2 Å². The van der Waals surface area contributed by atoms with Gasteiger partial charge in [-0.2, -0.15) is 13.2 Å². The van der Waals surface area contributed by atoms with Crippen LogP contribution in [0.2, 0.25) is 0 Å². The Morgan fingerprint density at radius 3 is 2.41 bits per heavy atom. The van der Waals surface area contributed by atoms with Crippen LogP contribution in [-0.2, 0) is 39.7 Å². The topological polar surface area (TPSA) is 165 Å². The van der Waals surface area contributed by atoms with Crippen LogP contribution in [0.5, 0.6) is 0 Å². The lowest BCUT2D eigenvalue weighted by molar-refractivity contribution is -0.144. The Morgan fingerprint density at radius 2 is 1.80 bits per heavy atom. The summed E-state index contributed by atoms with van der Waals surface area (Å²) in [5.41, 5.74) is -3.80. The van der Waals surface area contributed by atoms with Gasteiger partial charge in [-0.05, 0) is 42.9 Å². The van der Waals surface area contributed by atoms with Crippen molar-refractivity contribution in [2.24, 2.45) is 10.6 Å². The molecular weight excluding hydrogens is 682 g/mol. The first-order valence-electron chi connectivity index (χ1n) is 17.0. The van der Waals surface area contributed by atoms with E-state index in [0.717, 1.165) is 25.0 Å². The first-order chi connectivity index (χ1) is 23.9. The number of halogens is 4. The van der Waals surface area contributed by atoms with Gasteiger partial charge >= 0.3 is 12.3 Å². The molecule has 1 aromatic rings. The van der Waals surface area contributed by atoms with E-state index >= 15 is 0 Å². The van der Waals surface area contributed by atoms with E-state index in [9.17, 15) is 41.5 Å². The third-order valence-corrected chi connectivity index (χ3v) is 9.27. The second-order valence-electron chi connectivity index (χ2n) is 14.7. The summed E-state index contributed by atoms with van der Waals surface area (Å²) in [6, 6.07) is -1.90. The van der Waals surface area contributed by atoms with Gasteiger partial charge < -0.3 is 35.2 Å². The zero-order chi connectivity index (χ0) is 37.3. The smallest absolute Gasteiger partial charge is 0.416 e. The van der Waals surface area contributed by atoms with E-state index in [4.69, 9.17) is 14.3 Å². The Bertz CT molecular complexity index is 1570. The number of nitrogens with one attached hydrogen (secondary N) is 3. The molecule has 5 rings (SSSR count). The van der Waals surface area contributed by atoms with E-state index in [-0.39, 0.29) is 49.7 Å². The molecule has 0 bridgehead atoms. The van der Waals surface area contributed by atoms with Crippen molar-refractivity contribution in [1.82, 2.24) is 20.9 Å². The van der Waals surface area contributed by atoms with E-state index < -0.39 is 82.4 Å². The Morgan fingerprint density at radius 1 is 1.08 bits per heavy atom. The molecule has 4 aliphatic rings. The number of hydrogen-bond acceptors (Lipinski definition) is 9. The number of ketones is 1. The van der Waals surface area contributed by atoms with Crippen molar-refractivity contribution in [1.29, 1.82) is 0 Å². The van der Waals surface area contributed by atoms with Crippen molar-refractivity contribution in [3.63, 3.8) is 0 Å². The van der Waals surface area contributed by atoms with Crippen LogP contribution in [0.4, 0.5) is 22.4 Å². The summed E-state index contributed by atoms with van der Waals surface area (Å²) in [5, 5.41) is 11.8. The second kappa shape index (κ2) is 14.8. The fourth-order valence-electron chi connectivity index (χ4n) is 6.40. The van der Waals surface area contributed by atoms with Crippen LogP contribution >= 0.6 is 0 Å². The van der Waals surface area contributed by atoms with Crippen LogP contribution in [-0.4, -0.2) is 95.8 Å². The normalized spacial score (nSPS) is 24.4. The Labute approximate surface area is 292 Å². The molecule has 13 nitrogen and oxygen atoms in total. The monoisotopic (exact) mass is 725 g/mol. The average Bonchev–Trinajstić information content (AvgIpc) is 3.39. The van der Waals surface area contributed by atoms with Crippen molar-refractivity contribution in [3.05, 3.63) is 35.1 Å². The maximum atomic E-state index is 14.4. The maximum Gasteiger partial charge on any atom is 0.416 e. The van der Waals surface area contributed by atoms with E-state index in [1.807, 2.05) is 0 Å². The van der Waals surface area contributed by atoms with Crippen molar-refractivity contribution in [2.75, 3.05) is 19.8 Å². The average molecular weight is 726 g/mol. The number of likely N-dealkylation sites (tertiary alicyclic amines) is 1. The molecule has 280 valence electrons. The molecule has 1 spiro atoms. The minimum atomic E-state index is -4.84. The number of oxime groups is 1. The molecule has 0 aromatic heterocycles. The lowest BCUT2D eigenvalue weighted by Crippen LogP contribution is -2.59. The van der Waals surface area contributed by atoms with Gasteiger partial charge in [0, 0.05) is 30.9 Å². The lowest BCUT2D eigenvalue weighted by atomic mass is 9.85. The summed E-state index contributed by atoms with van der Waals surface area (Å²) in [6.07, 6.45) is -4.12. The number of ether oxygens (including phenoxy) is 2. The zero-order valence-electron chi connectivity index (χ0n) is 28.9. The van der Waals surface area contributed by atoms with Gasteiger partial charge in [-0.1, -0.05) is 39.3 Å². The van der Waals surface area contributed by atoms with Gasteiger partial charge in [0.15, 0.2) is 5.60 Å². The van der Waals surface area contributed by atoms with Crippen LogP contribution in [0.25, 0.3) is 0 Å². The minimum Gasteiger partial charge on any atom is -0.444 e. The molecule has 1 aliphatic carbocycles. The first-order valence-corrected chi connectivity index (χ1v) is 17.0. The maximum absolute atomic E-state index is 14.4. The summed E-state index contributed by atoms with van der Waals surface area (Å²) in [7, 11) is 0. The van der Waals surface area contributed by atoms with Crippen molar-refractivity contribution in [3.8, 4) is 0 Å². The Kier molecular flexibility index (Phi) is 11.0. The van der Waals surface area contributed by atoms with Gasteiger partial charge in [0.05, 0.1) is 37.1 Å². The fraction of sp³-hybridized carbons (Fsp3) is 0.647. The number of rotatable bonds is 11. The van der Waals surface area contributed by atoms with Crippen LogP contribution in [0.3, 0.4) is 0 Å². The number of hydrogen-bond donors (Lipinski definition) is 3. The number of benzene rings is 1. The Hall–Kier alpha value is -4.28. The number of alkyl carbamates (subject to hydrolysis) is 1. The molecule has 3 heterocycles. The van der Waals surface area contributed by atoms with Crippen molar-refractivity contribution in [2.45, 2.75) is 115 Å². The standard InChI is InChI=1S/C34H43F4N5O8/c1-5-6-23(26(44)29(46)39-21-7-8-21)40-28(45)25-15-33(14-24(42-51-33)18-11-19(34(36,37)38)13-20(35)12-18)17-43(25)30(47)27(32(2,3)4)41-31(48)50-22-9-10-49-16-22/h11-13,21-23,25,27H,5-10,14-17H2,1-4H3,(H,39,46)(H,40,45)(H,41,48)/t22-,23-,25-,27+,33+/m0/s1. The van der Waals surface area contributed by atoms with Gasteiger partial charge in [-0.15, -0.1) is 0 Å². The number of nitrogens with zero attached hydrogens (tertiary/aromatic N) is 2. The number of carbonyl (C=O) groups excluding carboxylic acids is 5. The quantitative estimate of drug-likeness (QED) is 0.231. The van der Waals surface area contributed by atoms with Gasteiger partial charge in [-0.3, -0.25) is 19.2 Å². The first kappa shape index (κ1) is 38.0. The second-order valence-corrected chi connectivity index (χ2v) is 14.7. The largest absolute Gasteiger partial charge is 0.444 e. The van der Waals surface area contributed by atoms with Gasteiger partial charge in [0.2, 0.25) is 17.6 Å².